The minimum absolute atomic E-state index is 0.445. The summed E-state index contributed by atoms with van der Waals surface area (Å²) in [5.74, 6) is 1.23. The smallest absolute Gasteiger partial charge is 0.214 e. The van der Waals surface area contributed by atoms with Crippen LogP contribution in [0.25, 0.3) is 10.9 Å². The maximum absolute atomic E-state index is 11.8. The van der Waals surface area contributed by atoms with Crippen LogP contribution >= 0.6 is 11.6 Å². The van der Waals surface area contributed by atoms with Crippen LogP contribution in [0, 0.1) is 5.92 Å². The SMILES string of the molecule is O=CN(CCC1CCCN(c2nccnc2Cl)C1)c1cccc2ncccc12. The summed E-state index contributed by atoms with van der Waals surface area (Å²) >= 11 is 6.22. The number of carbonyl (C=O) groups is 1. The number of aromatic nitrogens is 3. The molecule has 0 spiro atoms. The van der Waals surface area contributed by atoms with Gasteiger partial charge in [0.2, 0.25) is 6.41 Å². The van der Waals surface area contributed by atoms with Gasteiger partial charge in [0.05, 0.1) is 11.2 Å². The van der Waals surface area contributed by atoms with Crippen LogP contribution in [0.5, 0.6) is 0 Å². The molecule has 1 fully saturated rings. The van der Waals surface area contributed by atoms with E-state index in [9.17, 15) is 4.79 Å². The van der Waals surface area contributed by atoms with Gasteiger partial charge in [-0.3, -0.25) is 9.78 Å². The third kappa shape index (κ3) is 3.92. The van der Waals surface area contributed by atoms with Crippen LogP contribution in [-0.4, -0.2) is 41.0 Å². The number of anilines is 2. The third-order valence-electron chi connectivity index (χ3n) is 5.29. The van der Waals surface area contributed by atoms with Crippen molar-refractivity contribution in [1.82, 2.24) is 15.0 Å². The van der Waals surface area contributed by atoms with Crippen molar-refractivity contribution in [3.05, 3.63) is 54.1 Å². The van der Waals surface area contributed by atoms with Gasteiger partial charge in [0.1, 0.15) is 0 Å². The molecule has 1 unspecified atom stereocenters. The molecule has 0 saturated carbocycles. The van der Waals surface area contributed by atoms with E-state index in [1.54, 1.807) is 23.5 Å². The van der Waals surface area contributed by atoms with E-state index in [4.69, 9.17) is 11.6 Å². The number of halogens is 1. The van der Waals surface area contributed by atoms with Gasteiger partial charge < -0.3 is 9.80 Å². The van der Waals surface area contributed by atoms with Crippen LogP contribution in [0.4, 0.5) is 11.5 Å². The molecule has 144 valence electrons. The molecule has 0 radical (unpaired) electrons. The Labute approximate surface area is 169 Å². The number of hydrogen-bond donors (Lipinski definition) is 0. The van der Waals surface area contributed by atoms with Crippen LogP contribution in [0.15, 0.2) is 48.9 Å². The first-order valence-corrected chi connectivity index (χ1v) is 9.91. The summed E-state index contributed by atoms with van der Waals surface area (Å²) in [6, 6.07) is 9.79. The predicted molar refractivity (Wildman–Crippen MR) is 112 cm³/mol. The van der Waals surface area contributed by atoms with Crippen LogP contribution in [0.3, 0.4) is 0 Å². The Morgan fingerprint density at radius 2 is 2.04 bits per heavy atom. The highest BCUT2D eigenvalue weighted by Gasteiger charge is 2.23. The lowest BCUT2D eigenvalue weighted by Gasteiger charge is -2.34. The van der Waals surface area contributed by atoms with Crippen LogP contribution in [0.1, 0.15) is 19.3 Å². The summed E-state index contributed by atoms with van der Waals surface area (Å²) in [6.07, 6.45) is 9.11. The van der Waals surface area contributed by atoms with E-state index in [1.807, 2.05) is 30.3 Å². The Hall–Kier alpha value is -2.73. The summed E-state index contributed by atoms with van der Waals surface area (Å²) in [7, 11) is 0. The van der Waals surface area contributed by atoms with E-state index in [-0.39, 0.29) is 0 Å². The zero-order valence-corrected chi connectivity index (χ0v) is 16.3. The van der Waals surface area contributed by atoms with Gasteiger partial charge in [-0.05, 0) is 49.4 Å². The number of rotatable bonds is 6. The monoisotopic (exact) mass is 395 g/mol. The maximum atomic E-state index is 11.8. The van der Waals surface area contributed by atoms with Gasteiger partial charge >= 0.3 is 0 Å². The molecule has 3 aromatic rings. The van der Waals surface area contributed by atoms with Crippen LogP contribution < -0.4 is 9.80 Å². The number of nitrogens with zero attached hydrogens (tertiary/aromatic N) is 5. The van der Waals surface area contributed by atoms with Crippen molar-refractivity contribution in [2.75, 3.05) is 29.4 Å². The van der Waals surface area contributed by atoms with Gasteiger partial charge in [-0.2, -0.15) is 0 Å². The van der Waals surface area contributed by atoms with Crippen molar-refractivity contribution in [2.24, 2.45) is 5.92 Å². The fourth-order valence-corrected chi connectivity index (χ4v) is 4.13. The summed E-state index contributed by atoms with van der Waals surface area (Å²) in [5.41, 5.74) is 1.80. The first-order chi connectivity index (χ1) is 13.8. The third-order valence-corrected chi connectivity index (χ3v) is 5.56. The van der Waals surface area contributed by atoms with Crippen molar-refractivity contribution in [2.45, 2.75) is 19.3 Å². The Morgan fingerprint density at radius 1 is 1.14 bits per heavy atom. The molecule has 3 heterocycles. The molecule has 7 heteroatoms. The van der Waals surface area contributed by atoms with Crippen LogP contribution in [-0.2, 0) is 4.79 Å². The molecule has 1 aliphatic heterocycles. The molecule has 1 aromatic carbocycles. The molecule has 1 atom stereocenters. The first kappa shape index (κ1) is 18.6. The van der Waals surface area contributed by atoms with E-state index in [0.717, 1.165) is 61.2 Å². The molecule has 0 aliphatic carbocycles. The molecule has 1 saturated heterocycles. The maximum Gasteiger partial charge on any atom is 0.214 e. The molecule has 4 rings (SSSR count). The van der Waals surface area contributed by atoms with Gasteiger partial charge in [-0.25, -0.2) is 9.97 Å². The average molecular weight is 396 g/mol. The summed E-state index contributed by atoms with van der Waals surface area (Å²) < 4.78 is 0. The van der Waals surface area contributed by atoms with E-state index in [2.05, 4.69) is 19.9 Å². The fourth-order valence-electron chi connectivity index (χ4n) is 3.91. The number of pyridine rings is 1. The minimum atomic E-state index is 0.445. The number of amides is 1. The topological polar surface area (TPSA) is 62.2 Å². The van der Waals surface area contributed by atoms with Crippen molar-refractivity contribution < 1.29 is 4.79 Å². The molecular formula is C21H22ClN5O. The summed E-state index contributed by atoms with van der Waals surface area (Å²) in [6.45, 7) is 2.48. The number of fused-ring (bicyclic) bond motifs is 1. The number of hydrogen-bond acceptors (Lipinski definition) is 5. The molecule has 0 bridgehead atoms. The van der Waals surface area contributed by atoms with Gasteiger partial charge in [0, 0.05) is 43.6 Å². The largest absolute Gasteiger partial charge is 0.354 e. The zero-order chi connectivity index (χ0) is 19.3. The highest BCUT2D eigenvalue weighted by molar-refractivity contribution is 6.31. The Kier molecular flexibility index (Phi) is 5.67. The Morgan fingerprint density at radius 3 is 2.89 bits per heavy atom. The highest BCUT2D eigenvalue weighted by Crippen LogP contribution is 2.29. The molecule has 2 aromatic heterocycles. The molecule has 1 amide bonds. The number of benzene rings is 1. The predicted octanol–water partition coefficient (Wildman–Crippen LogP) is 3.95. The lowest BCUT2D eigenvalue weighted by Crippen LogP contribution is -2.37. The normalized spacial score (nSPS) is 16.9. The van der Waals surface area contributed by atoms with Crippen LogP contribution in [0.2, 0.25) is 5.15 Å². The van der Waals surface area contributed by atoms with Crippen molar-refractivity contribution >= 4 is 40.4 Å². The highest BCUT2D eigenvalue weighted by atomic mass is 35.5. The van der Waals surface area contributed by atoms with Crippen molar-refractivity contribution in [3.8, 4) is 0 Å². The van der Waals surface area contributed by atoms with Crippen molar-refractivity contribution in [1.29, 1.82) is 0 Å². The molecule has 1 aliphatic rings. The van der Waals surface area contributed by atoms with Gasteiger partial charge in [-0.15, -0.1) is 0 Å². The molecule has 0 N–H and O–H groups in total. The second-order valence-corrected chi connectivity index (χ2v) is 7.42. The second kappa shape index (κ2) is 8.52. The summed E-state index contributed by atoms with van der Waals surface area (Å²) in [4.78, 5) is 28.7. The van der Waals surface area contributed by atoms with E-state index in [1.165, 1.54) is 0 Å². The molecule has 6 nitrogen and oxygen atoms in total. The lowest BCUT2D eigenvalue weighted by molar-refractivity contribution is -0.107. The fraction of sp³-hybridized carbons (Fsp3) is 0.333. The van der Waals surface area contributed by atoms with E-state index >= 15 is 0 Å². The van der Waals surface area contributed by atoms with Crippen molar-refractivity contribution in [3.63, 3.8) is 0 Å². The standard InChI is InChI=1S/C21H22ClN5O/c22-20-21(25-11-10-24-20)26-12-3-4-16(14-26)8-13-27(15-28)19-7-1-6-18-17(19)5-2-9-23-18/h1-2,5-7,9-11,15-16H,3-4,8,12-14H2. The van der Waals surface area contributed by atoms with E-state index in [0.29, 0.717) is 17.6 Å². The molecular weight excluding hydrogens is 374 g/mol. The summed E-state index contributed by atoms with van der Waals surface area (Å²) in [5, 5.41) is 1.44. The first-order valence-electron chi connectivity index (χ1n) is 9.53. The Balaban J connectivity index is 1.45. The number of piperidine rings is 1. The Bertz CT molecular complexity index is 961. The quantitative estimate of drug-likeness (QED) is 0.591. The second-order valence-electron chi connectivity index (χ2n) is 7.06. The van der Waals surface area contributed by atoms with Gasteiger partial charge in [0.25, 0.3) is 0 Å². The molecule has 28 heavy (non-hydrogen) atoms. The average Bonchev–Trinajstić information content (AvgIpc) is 2.75. The van der Waals surface area contributed by atoms with Gasteiger partial charge in [-0.1, -0.05) is 17.7 Å². The lowest BCUT2D eigenvalue weighted by atomic mass is 9.94. The minimum Gasteiger partial charge on any atom is -0.354 e. The van der Waals surface area contributed by atoms with Gasteiger partial charge in [0.15, 0.2) is 11.0 Å². The number of carbonyl (C=O) groups excluding carboxylic acids is 1. The van der Waals surface area contributed by atoms with E-state index < -0.39 is 0 Å². The zero-order valence-electron chi connectivity index (χ0n) is 15.5.